The topological polar surface area (TPSA) is 54.1 Å². The van der Waals surface area contributed by atoms with Crippen LogP contribution >= 0.6 is 0 Å². The average molecular weight is 911 g/mol. The zero-order chi connectivity index (χ0) is 47.6. The number of hydrogen-bond acceptors (Lipinski definition) is 4. The summed E-state index contributed by atoms with van der Waals surface area (Å²) >= 11 is 0. The van der Waals surface area contributed by atoms with E-state index in [0.29, 0.717) is 56.1 Å². The van der Waals surface area contributed by atoms with Gasteiger partial charge < -0.3 is 9.80 Å². The zero-order valence-corrected chi connectivity index (χ0v) is 36.9. The minimum Gasteiger partial charge on any atom is -0.307 e. The summed E-state index contributed by atoms with van der Waals surface area (Å²) < 4.78 is 65.6. The standard InChI is InChI=1S/C62H34F4N4/c63-43-31-53(49-13-5-9-39-7-1-3-11-47(39)49)61(55(65)33-43)69(45-23-15-37(35-67)16-24-45)57-29-21-41-20-28-52-58(30-22-42-19-27-51(57)59(41)60(42)52)70(46-25-17-38(36-68)18-26-46)62-54(32-44(64)34-56(62)66)50-14-6-10-40-8-2-4-12-48(40)50/h1-34H. The molecule has 0 amide bonds. The maximum Gasteiger partial charge on any atom is 0.150 e. The Bertz CT molecular complexity index is 3870. The first-order valence-corrected chi connectivity index (χ1v) is 22.5. The third-order valence-electron chi connectivity index (χ3n) is 13.3. The van der Waals surface area contributed by atoms with Gasteiger partial charge in [0.1, 0.15) is 11.6 Å². The Hall–Kier alpha value is -9.50. The van der Waals surface area contributed by atoms with Crippen LogP contribution in [0.3, 0.4) is 0 Å². The quantitative estimate of drug-likeness (QED) is 0.113. The molecule has 0 aromatic heterocycles. The summed E-state index contributed by atoms with van der Waals surface area (Å²) in [6.07, 6.45) is 0. The first-order valence-electron chi connectivity index (χ1n) is 22.5. The Balaban J connectivity index is 1.14. The van der Waals surface area contributed by atoms with E-state index in [2.05, 4.69) is 12.1 Å². The SMILES string of the molecule is N#Cc1ccc(N(c2c(F)cc(F)cc2-c2cccc3ccccc23)c2ccc3ccc4c(N(c5ccc(C#N)cc5)c5c(F)cc(F)cc5-c5cccc6ccccc56)ccc5ccc2c3c54)cc1. The summed E-state index contributed by atoms with van der Waals surface area (Å²) in [5.41, 5.74) is 5.17. The Morgan fingerprint density at radius 2 is 0.714 bits per heavy atom. The molecule has 0 aliphatic carbocycles. The Morgan fingerprint density at radius 1 is 0.329 bits per heavy atom. The molecule has 70 heavy (non-hydrogen) atoms. The van der Waals surface area contributed by atoms with E-state index in [1.165, 1.54) is 12.1 Å². The van der Waals surface area contributed by atoms with Crippen molar-refractivity contribution in [3.8, 4) is 34.4 Å². The van der Waals surface area contributed by atoms with Gasteiger partial charge in [-0.1, -0.05) is 121 Å². The Labute approximate surface area is 399 Å². The summed E-state index contributed by atoms with van der Waals surface area (Å²) in [6.45, 7) is 0. The predicted molar refractivity (Wildman–Crippen MR) is 275 cm³/mol. The van der Waals surface area contributed by atoms with E-state index in [9.17, 15) is 10.5 Å². The fourth-order valence-corrected chi connectivity index (χ4v) is 10.2. The van der Waals surface area contributed by atoms with Gasteiger partial charge in [-0.25, -0.2) is 17.6 Å². The maximum absolute atomic E-state index is 17.2. The minimum absolute atomic E-state index is 0.109. The Kier molecular flexibility index (Phi) is 9.98. The zero-order valence-electron chi connectivity index (χ0n) is 36.9. The molecule has 0 saturated heterocycles. The van der Waals surface area contributed by atoms with Gasteiger partial charge in [0.25, 0.3) is 0 Å². The molecular weight excluding hydrogens is 877 g/mol. The van der Waals surface area contributed by atoms with Crippen LogP contribution in [0.5, 0.6) is 0 Å². The second-order valence-corrected chi connectivity index (χ2v) is 17.2. The molecule has 0 aliphatic heterocycles. The van der Waals surface area contributed by atoms with Crippen molar-refractivity contribution in [1.82, 2.24) is 0 Å². The highest BCUT2D eigenvalue weighted by molar-refractivity contribution is 6.28. The molecule has 4 nitrogen and oxygen atoms in total. The first kappa shape index (κ1) is 41.9. The number of halogens is 4. The van der Waals surface area contributed by atoms with Crippen molar-refractivity contribution in [2.75, 3.05) is 9.80 Å². The molecular formula is C62H34F4N4. The van der Waals surface area contributed by atoms with Crippen LogP contribution in [0, 0.1) is 45.9 Å². The van der Waals surface area contributed by atoms with Crippen molar-refractivity contribution in [2.24, 2.45) is 0 Å². The molecule has 0 heterocycles. The predicted octanol–water partition coefficient (Wildman–Crippen LogP) is 17.5. The minimum atomic E-state index is -0.790. The van der Waals surface area contributed by atoms with Crippen LogP contribution < -0.4 is 9.80 Å². The number of hydrogen-bond donors (Lipinski definition) is 0. The van der Waals surface area contributed by atoms with Crippen LogP contribution in [0.2, 0.25) is 0 Å². The molecule has 0 N–H and O–H groups in total. The summed E-state index contributed by atoms with van der Waals surface area (Å²) in [4.78, 5) is 3.57. The van der Waals surface area contributed by atoms with Gasteiger partial charge in [0.2, 0.25) is 0 Å². The largest absolute Gasteiger partial charge is 0.307 e. The monoisotopic (exact) mass is 910 g/mol. The normalized spacial score (nSPS) is 11.4. The van der Waals surface area contributed by atoms with Gasteiger partial charge in [-0.15, -0.1) is 0 Å². The Morgan fingerprint density at radius 3 is 1.13 bits per heavy atom. The third-order valence-corrected chi connectivity index (χ3v) is 13.3. The molecule has 0 unspecified atom stereocenters. The fraction of sp³-hybridized carbons (Fsp3) is 0. The van der Waals surface area contributed by atoms with E-state index in [1.54, 1.807) is 58.3 Å². The lowest BCUT2D eigenvalue weighted by Crippen LogP contribution is -2.15. The van der Waals surface area contributed by atoms with E-state index >= 15 is 17.6 Å². The molecule has 0 atom stereocenters. The molecule has 12 aromatic carbocycles. The van der Waals surface area contributed by atoms with E-state index in [1.807, 2.05) is 133 Å². The van der Waals surface area contributed by atoms with Crippen LogP contribution in [-0.4, -0.2) is 0 Å². The second kappa shape index (κ2) is 16.7. The van der Waals surface area contributed by atoms with Crippen molar-refractivity contribution >= 4 is 88.0 Å². The van der Waals surface area contributed by atoms with Crippen molar-refractivity contribution in [3.63, 3.8) is 0 Å². The first-order chi connectivity index (χ1) is 34.3. The lowest BCUT2D eigenvalue weighted by molar-refractivity contribution is 0.584. The molecule has 0 saturated carbocycles. The van der Waals surface area contributed by atoms with Crippen molar-refractivity contribution in [2.45, 2.75) is 0 Å². The molecule has 0 bridgehead atoms. The van der Waals surface area contributed by atoms with E-state index in [-0.39, 0.29) is 11.4 Å². The maximum atomic E-state index is 17.2. The third kappa shape index (κ3) is 6.81. The van der Waals surface area contributed by atoms with Gasteiger partial charge in [-0.05, 0) is 127 Å². The lowest BCUT2D eigenvalue weighted by Gasteiger charge is -2.31. The molecule has 0 fully saturated rings. The summed E-state index contributed by atoms with van der Waals surface area (Å²) in [7, 11) is 0. The van der Waals surface area contributed by atoms with Crippen molar-refractivity contribution in [3.05, 3.63) is 241 Å². The van der Waals surface area contributed by atoms with E-state index < -0.39 is 23.3 Å². The number of rotatable bonds is 8. The second-order valence-electron chi connectivity index (χ2n) is 17.2. The average Bonchev–Trinajstić information content (AvgIpc) is 3.39. The van der Waals surface area contributed by atoms with Crippen LogP contribution in [0.15, 0.2) is 206 Å². The highest BCUT2D eigenvalue weighted by Gasteiger charge is 2.29. The number of fused-ring (bicyclic) bond motifs is 2. The number of nitrogens with zero attached hydrogens (tertiary/aromatic N) is 4. The van der Waals surface area contributed by atoms with Crippen molar-refractivity contribution < 1.29 is 17.6 Å². The van der Waals surface area contributed by atoms with Gasteiger partial charge in [-0.3, -0.25) is 0 Å². The van der Waals surface area contributed by atoms with Crippen LogP contribution in [0.25, 0.3) is 76.1 Å². The van der Waals surface area contributed by atoms with Crippen LogP contribution in [0.4, 0.5) is 51.7 Å². The number of nitriles is 2. The summed E-state index contributed by atoms with van der Waals surface area (Å²) in [5.74, 6) is -3.05. The van der Waals surface area contributed by atoms with Gasteiger partial charge in [0, 0.05) is 45.4 Å². The molecule has 0 radical (unpaired) electrons. The molecule has 8 heteroatoms. The van der Waals surface area contributed by atoms with Crippen molar-refractivity contribution in [1.29, 1.82) is 10.5 Å². The van der Waals surface area contributed by atoms with Gasteiger partial charge >= 0.3 is 0 Å². The molecule has 12 rings (SSSR count). The summed E-state index contributed by atoms with van der Waals surface area (Å²) in [5, 5.41) is 27.9. The molecule has 0 spiro atoms. The lowest BCUT2D eigenvalue weighted by atomic mass is 9.90. The molecule has 0 aliphatic rings. The van der Waals surface area contributed by atoms with E-state index in [0.717, 1.165) is 66.0 Å². The van der Waals surface area contributed by atoms with E-state index in [4.69, 9.17) is 0 Å². The highest BCUT2D eigenvalue weighted by atomic mass is 19.1. The fourth-order valence-electron chi connectivity index (χ4n) is 10.2. The van der Waals surface area contributed by atoms with Gasteiger partial charge in [0.05, 0.1) is 46.0 Å². The highest BCUT2D eigenvalue weighted by Crippen LogP contribution is 2.52. The van der Waals surface area contributed by atoms with Crippen LogP contribution in [-0.2, 0) is 0 Å². The number of anilines is 6. The summed E-state index contributed by atoms with van der Waals surface area (Å²) in [6, 6.07) is 65.1. The smallest absolute Gasteiger partial charge is 0.150 e. The number of benzene rings is 12. The molecule has 12 aromatic rings. The van der Waals surface area contributed by atoms with Gasteiger partial charge in [0.15, 0.2) is 11.6 Å². The van der Waals surface area contributed by atoms with Gasteiger partial charge in [-0.2, -0.15) is 10.5 Å². The van der Waals surface area contributed by atoms with Crippen LogP contribution in [0.1, 0.15) is 11.1 Å². The molecule has 330 valence electrons.